The zero-order chi connectivity index (χ0) is 18.6. The first-order chi connectivity index (χ1) is 12.3. The van der Waals surface area contributed by atoms with Gasteiger partial charge in [0.1, 0.15) is 12.1 Å². The van der Waals surface area contributed by atoms with Crippen LogP contribution in [0.4, 0.5) is 11.5 Å². The third kappa shape index (κ3) is 2.45. The van der Waals surface area contributed by atoms with Crippen LogP contribution >= 0.6 is 0 Å². The molecule has 0 spiro atoms. The Kier molecular flexibility index (Phi) is 3.40. The normalized spacial score (nSPS) is 16.5. The minimum absolute atomic E-state index is 0.0764. The van der Waals surface area contributed by atoms with Gasteiger partial charge in [0.05, 0.1) is 22.7 Å². The third-order valence-electron chi connectivity index (χ3n) is 4.63. The van der Waals surface area contributed by atoms with Gasteiger partial charge in [-0.25, -0.2) is 14.6 Å². The maximum absolute atomic E-state index is 11.4. The van der Waals surface area contributed by atoms with Crippen LogP contribution in [0.15, 0.2) is 24.5 Å². The number of nitrogen functional groups attached to an aromatic ring is 1. The average Bonchev–Trinajstić information content (AvgIpc) is 3.15. The molecular formula is C18H21N7O. The van der Waals surface area contributed by atoms with Crippen LogP contribution in [0.2, 0.25) is 0 Å². The molecule has 1 amide bonds. The second-order valence-electron chi connectivity index (χ2n) is 7.56. The molecule has 3 aromatic rings. The van der Waals surface area contributed by atoms with E-state index in [4.69, 9.17) is 16.6 Å². The highest BCUT2D eigenvalue weighted by molar-refractivity contribution is 5.94. The number of carbonyl (C=O) groups is 1. The van der Waals surface area contributed by atoms with Gasteiger partial charge >= 0.3 is 0 Å². The zero-order valence-corrected chi connectivity index (χ0v) is 14.9. The van der Waals surface area contributed by atoms with Crippen LogP contribution in [0.25, 0.3) is 11.0 Å². The van der Waals surface area contributed by atoms with Gasteiger partial charge in [-0.05, 0) is 38.5 Å². The molecule has 5 N–H and O–H groups in total. The van der Waals surface area contributed by atoms with Crippen molar-refractivity contribution in [3.05, 3.63) is 41.3 Å². The summed E-state index contributed by atoms with van der Waals surface area (Å²) in [5.41, 5.74) is 15.3. The topological polar surface area (TPSA) is 125 Å². The van der Waals surface area contributed by atoms with Crippen LogP contribution in [0.1, 0.15) is 48.4 Å². The molecule has 0 saturated carbocycles. The second kappa shape index (κ2) is 5.42. The molecular weight excluding hydrogens is 330 g/mol. The number of anilines is 2. The standard InChI is InChI=1S/C18H21N7O/c1-18(2,3)25-17-13(15(19)21-8-22-17)14(24-25)12-6-9-4-5-10(16(20)26)7-11(9)23-12/h4-5,7-8,12,23H,6H2,1-3H3,(H2,20,26)(H2,19,21,22). The van der Waals surface area contributed by atoms with Crippen molar-refractivity contribution in [2.45, 2.75) is 38.8 Å². The van der Waals surface area contributed by atoms with E-state index in [1.54, 1.807) is 12.1 Å². The molecule has 1 aliphatic rings. The van der Waals surface area contributed by atoms with E-state index >= 15 is 0 Å². The number of fused-ring (bicyclic) bond motifs is 2. The lowest BCUT2D eigenvalue weighted by atomic mass is 10.0. The van der Waals surface area contributed by atoms with Crippen molar-refractivity contribution < 1.29 is 4.79 Å². The van der Waals surface area contributed by atoms with E-state index in [0.29, 0.717) is 11.4 Å². The fourth-order valence-electron chi connectivity index (χ4n) is 3.38. The van der Waals surface area contributed by atoms with E-state index in [2.05, 4.69) is 36.1 Å². The summed E-state index contributed by atoms with van der Waals surface area (Å²) in [7, 11) is 0. The monoisotopic (exact) mass is 351 g/mol. The number of primary amides is 1. The Morgan fingerprint density at radius 2 is 2.08 bits per heavy atom. The molecule has 1 unspecified atom stereocenters. The molecule has 0 bridgehead atoms. The summed E-state index contributed by atoms with van der Waals surface area (Å²) < 4.78 is 1.88. The van der Waals surface area contributed by atoms with Crippen LogP contribution < -0.4 is 16.8 Å². The van der Waals surface area contributed by atoms with Gasteiger partial charge in [-0.3, -0.25) is 4.79 Å². The van der Waals surface area contributed by atoms with Crippen molar-refractivity contribution in [2.75, 3.05) is 11.1 Å². The Morgan fingerprint density at radius 3 is 2.77 bits per heavy atom. The molecule has 8 nitrogen and oxygen atoms in total. The average molecular weight is 351 g/mol. The highest BCUT2D eigenvalue weighted by Gasteiger charge is 2.31. The molecule has 1 aliphatic heterocycles. The number of rotatable bonds is 2. The molecule has 8 heteroatoms. The van der Waals surface area contributed by atoms with E-state index in [0.717, 1.165) is 34.4 Å². The molecule has 2 aromatic heterocycles. The van der Waals surface area contributed by atoms with E-state index in [9.17, 15) is 4.79 Å². The number of aromatic nitrogens is 4. The number of hydrogen-bond donors (Lipinski definition) is 3. The van der Waals surface area contributed by atoms with Crippen LogP contribution in [-0.2, 0) is 12.0 Å². The van der Waals surface area contributed by atoms with E-state index in [1.165, 1.54) is 6.33 Å². The largest absolute Gasteiger partial charge is 0.383 e. The van der Waals surface area contributed by atoms with Crippen molar-refractivity contribution >= 4 is 28.4 Å². The Hall–Kier alpha value is -3.16. The van der Waals surface area contributed by atoms with Gasteiger partial charge in [-0.2, -0.15) is 5.10 Å². The summed E-state index contributed by atoms with van der Waals surface area (Å²) in [4.78, 5) is 20.0. The van der Waals surface area contributed by atoms with Gasteiger partial charge in [0.15, 0.2) is 5.65 Å². The lowest BCUT2D eigenvalue weighted by molar-refractivity contribution is 0.100. The lowest BCUT2D eigenvalue weighted by Crippen LogP contribution is -2.24. The Balaban J connectivity index is 1.82. The molecule has 3 heterocycles. The first kappa shape index (κ1) is 16.3. The zero-order valence-electron chi connectivity index (χ0n) is 14.9. The molecule has 4 rings (SSSR count). The van der Waals surface area contributed by atoms with E-state index in [1.807, 2.05) is 10.7 Å². The van der Waals surface area contributed by atoms with Gasteiger partial charge in [-0.1, -0.05) is 6.07 Å². The predicted octanol–water partition coefficient (Wildman–Crippen LogP) is 1.97. The van der Waals surface area contributed by atoms with Gasteiger partial charge in [-0.15, -0.1) is 0 Å². The van der Waals surface area contributed by atoms with Gasteiger partial charge in [0.2, 0.25) is 5.91 Å². The number of carbonyl (C=O) groups excluding carboxylic acids is 1. The Morgan fingerprint density at radius 1 is 1.31 bits per heavy atom. The molecule has 0 fully saturated rings. The van der Waals surface area contributed by atoms with Crippen LogP contribution in [0.5, 0.6) is 0 Å². The van der Waals surface area contributed by atoms with E-state index < -0.39 is 5.91 Å². The maximum atomic E-state index is 11.4. The summed E-state index contributed by atoms with van der Waals surface area (Å²) in [5, 5.41) is 9.03. The second-order valence-corrected chi connectivity index (χ2v) is 7.56. The van der Waals surface area contributed by atoms with Gasteiger partial charge in [0, 0.05) is 17.7 Å². The minimum Gasteiger partial charge on any atom is -0.383 e. The summed E-state index contributed by atoms with van der Waals surface area (Å²) in [5.74, 6) is -0.0331. The van der Waals surface area contributed by atoms with Crippen LogP contribution in [-0.4, -0.2) is 25.7 Å². The first-order valence-corrected chi connectivity index (χ1v) is 8.44. The molecule has 0 radical (unpaired) electrons. The quantitative estimate of drug-likeness (QED) is 0.648. The molecule has 1 atom stereocenters. The molecule has 0 aliphatic carbocycles. The minimum atomic E-state index is -0.446. The van der Waals surface area contributed by atoms with Crippen LogP contribution in [0.3, 0.4) is 0 Å². The SMILES string of the molecule is CC(C)(C)n1nc(C2Cc3ccc(C(N)=O)cc3N2)c2c(N)ncnc21. The number of benzene rings is 1. The third-order valence-corrected chi connectivity index (χ3v) is 4.63. The fraction of sp³-hybridized carbons (Fsp3) is 0.333. The number of nitrogens with zero attached hydrogens (tertiary/aromatic N) is 4. The van der Waals surface area contributed by atoms with E-state index in [-0.39, 0.29) is 11.6 Å². The number of hydrogen-bond acceptors (Lipinski definition) is 6. The highest BCUT2D eigenvalue weighted by atomic mass is 16.1. The lowest BCUT2D eigenvalue weighted by Gasteiger charge is -2.19. The number of nitrogens with one attached hydrogen (secondary N) is 1. The molecule has 26 heavy (non-hydrogen) atoms. The summed E-state index contributed by atoms with van der Waals surface area (Å²) >= 11 is 0. The van der Waals surface area contributed by atoms with Gasteiger partial charge in [0.25, 0.3) is 0 Å². The summed E-state index contributed by atoms with van der Waals surface area (Å²) in [6.45, 7) is 6.20. The van der Waals surface area contributed by atoms with Crippen molar-refractivity contribution in [1.82, 2.24) is 19.7 Å². The Labute approximate surface area is 150 Å². The predicted molar refractivity (Wildman–Crippen MR) is 99.8 cm³/mol. The molecule has 134 valence electrons. The van der Waals surface area contributed by atoms with Crippen molar-refractivity contribution in [3.8, 4) is 0 Å². The summed E-state index contributed by atoms with van der Waals surface area (Å²) in [6, 6.07) is 5.37. The Bertz CT molecular complexity index is 1030. The smallest absolute Gasteiger partial charge is 0.248 e. The maximum Gasteiger partial charge on any atom is 0.248 e. The van der Waals surface area contributed by atoms with Gasteiger partial charge < -0.3 is 16.8 Å². The molecule has 1 aromatic carbocycles. The first-order valence-electron chi connectivity index (χ1n) is 8.44. The van der Waals surface area contributed by atoms with Crippen molar-refractivity contribution in [3.63, 3.8) is 0 Å². The fourth-order valence-corrected chi connectivity index (χ4v) is 3.38. The summed E-state index contributed by atoms with van der Waals surface area (Å²) in [6.07, 6.45) is 2.19. The molecule has 0 saturated heterocycles. The highest BCUT2D eigenvalue weighted by Crippen LogP contribution is 2.38. The van der Waals surface area contributed by atoms with Crippen molar-refractivity contribution in [2.24, 2.45) is 5.73 Å². The number of amides is 1. The van der Waals surface area contributed by atoms with Crippen molar-refractivity contribution in [1.29, 1.82) is 0 Å². The van der Waals surface area contributed by atoms with Crippen LogP contribution in [0, 0.1) is 0 Å². The number of nitrogens with two attached hydrogens (primary N) is 2.